The van der Waals surface area contributed by atoms with Gasteiger partial charge < -0.3 is 25.2 Å². The molecule has 0 unspecified atom stereocenters. The minimum Gasteiger partial charge on any atom is -0.483 e. The van der Waals surface area contributed by atoms with Gasteiger partial charge in [0.05, 0.1) is 30.9 Å². The van der Waals surface area contributed by atoms with Crippen molar-refractivity contribution in [2.75, 3.05) is 19.7 Å². The summed E-state index contributed by atoms with van der Waals surface area (Å²) in [5, 5.41) is 17.8. The van der Waals surface area contributed by atoms with Crippen molar-refractivity contribution >= 4 is 11.8 Å². The maximum atomic E-state index is 13.6. The number of aliphatic hydroxyl groups is 1. The van der Waals surface area contributed by atoms with Crippen molar-refractivity contribution in [3.05, 3.63) is 95.3 Å². The number of ether oxygens (including phenoxy) is 2. The van der Waals surface area contributed by atoms with E-state index in [1.54, 1.807) is 12.4 Å². The van der Waals surface area contributed by atoms with Gasteiger partial charge in [-0.25, -0.2) is 0 Å². The molecule has 0 spiro atoms. The number of carbonyl (C=O) groups is 2. The summed E-state index contributed by atoms with van der Waals surface area (Å²) in [7, 11) is 0. The minimum absolute atomic E-state index is 0.0995. The number of pyridine rings is 1. The summed E-state index contributed by atoms with van der Waals surface area (Å²) in [5.41, 5.74) is 3.51. The Labute approximate surface area is 267 Å². The van der Waals surface area contributed by atoms with Crippen molar-refractivity contribution in [1.82, 2.24) is 20.5 Å². The molecule has 2 heterocycles. The average Bonchev–Trinajstić information content (AvgIpc) is 3.00. The number of para-hydroxylation sites is 1. The van der Waals surface area contributed by atoms with Crippen molar-refractivity contribution < 1.29 is 24.2 Å². The zero-order valence-corrected chi connectivity index (χ0v) is 27.2. The Morgan fingerprint density at radius 3 is 2.36 bits per heavy atom. The Morgan fingerprint density at radius 1 is 1.00 bits per heavy atom. The van der Waals surface area contributed by atoms with Crippen molar-refractivity contribution in [2.24, 2.45) is 0 Å². The predicted octanol–water partition coefficient (Wildman–Crippen LogP) is 4.13. The van der Waals surface area contributed by atoms with Gasteiger partial charge in [-0.3, -0.25) is 19.5 Å². The van der Waals surface area contributed by atoms with Crippen molar-refractivity contribution in [3.8, 4) is 5.75 Å². The van der Waals surface area contributed by atoms with Crippen LogP contribution in [0.3, 0.4) is 0 Å². The van der Waals surface area contributed by atoms with Gasteiger partial charge in [-0.1, -0.05) is 48.5 Å². The van der Waals surface area contributed by atoms with E-state index in [1.165, 1.54) is 0 Å². The molecule has 9 nitrogen and oxygen atoms in total. The number of hydrogen-bond acceptors (Lipinski definition) is 7. The van der Waals surface area contributed by atoms with Gasteiger partial charge in [-0.05, 0) is 88.3 Å². The summed E-state index contributed by atoms with van der Waals surface area (Å²) < 4.78 is 12.1. The number of nitrogens with zero attached hydrogens (tertiary/aromatic N) is 2. The van der Waals surface area contributed by atoms with Crippen LogP contribution < -0.4 is 15.4 Å². The molecule has 2 amide bonds. The summed E-state index contributed by atoms with van der Waals surface area (Å²) >= 11 is 0. The maximum Gasteiger partial charge on any atom is 0.258 e. The van der Waals surface area contributed by atoms with Crippen molar-refractivity contribution in [2.45, 2.75) is 90.3 Å². The monoisotopic (exact) mass is 616 g/mol. The van der Waals surface area contributed by atoms with Crippen molar-refractivity contribution in [1.29, 1.82) is 0 Å². The first kappa shape index (κ1) is 34.1. The number of nitrogens with one attached hydrogen (secondary N) is 2. The van der Waals surface area contributed by atoms with E-state index in [1.807, 2.05) is 100 Å². The van der Waals surface area contributed by atoms with Gasteiger partial charge >= 0.3 is 0 Å². The third-order valence-electron chi connectivity index (χ3n) is 7.99. The fourth-order valence-corrected chi connectivity index (χ4v) is 5.70. The Morgan fingerprint density at radius 2 is 1.69 bits per heavy atom. The largest absolute Gasteiger partial charge is 0.483 e. The lowest BCUT2D eigenvalue weighted by Gasteiger charge is -2.41. The molecule has 1 fully saturated rings. The molecule has 9 heteroatoms. The number of amides is 2. The summed E-state index contributed by atoms with van der Waals surface area (Å²) in [6.45, 7) is 10.8. The van der Waals surface area contributed by atoms with Gasteiger partial charge in [0.1, 0.15) is 5.75 Å². The van der Waals surface area contributed by atoms with Crippen LogP contribution in [0, 0.1) is 13.8 Å². The Balaban J connectivity index is 1.45. The van der Waals surface area contributed by atoms with E-state index >= 15 is 0 Å². The van der Waals surface area contributed by atoms with Crippen LogP contribution in [0.15, 0.2) is 73.1 Å². The SMILES string of the molecule is Cc1cccc(C)c1OCC(=O)N[C@@H](Cc1ccccc1)[C@H](O)CN1CC[C@@H](OCc2ccncc2)C[C@H]1C(=O)NC(C)(C)C. The smallest absolute Gasteiger partial charge is 0.258 e. The lowest BCUT2D eigenvalue weighted by Crippen LogP contribution is -2.59. The van der Waals surface area contributed by atoms with E-state index in [0.717, 1.165) is 28.7 Å². The van der Waals surface area contributed by atoms with E-state index < -0.39 is 23.7 Å². The van der Waals surface area contributed by atoms with E-state index in [9.17, 15) is 14.7 Å². The van der Waals surface area contributed by atoms with Gasteiger partial charge in [0.25, 0.3) is 5.91 Å². The molecule has 4 rings (SSSR count). The number of benzene rings is 2. The van der Waals surface area contributed by atoms with E-state index in [0.29, 0.717) is 31.7 Å². The Hall–Kier alpha value is -3.79. The second kappa shape index (κ2) is 16.0. The number of aromatic nitrogens is 1. The Kier molecular flexibility index (Phi) is 12.1. The standard InChI is InChI=1S/C36H48N4O5/c1-25-10-9-11-26(2)34(25)45-24-33(42)38-30(20-27-12-7-6-8-13-27)32(41)22-40-19-16-29(44-23-28-14-17-37-18-15-28)21-31(40)35(43)39-36(3,4)5/h6-15,17-18,29-32,41H,16,19-24H2,1-5H3,(H,38,42)(H,39,43)/t29-,30+,31+,32-/m1/s1. The molecule has 1 saturated heterocycles. The third-order valence-corrected chi connectivity index (χ3v) is 7.99. The highest BCUT2D eigenvalue weighted by Crippen LogP contribution is 2.24. The second-order valence-electron chi connectivity index (χ2n) is 13.0. The topological polar surface area (TPSA) is 113 Å². The molecule has 0 saturated carbocycles. The van der Waals surface area contributed by atoms with Crippen LogP contribution in [-0.4, -0.2) is 76.3 Å². The molecule has 1 aliphatic heterocycles. The van der Waals surface area contributed by atoms with E-state index in [-0.39, 0.29) is 31.1 Å². The molecule has 2 aromatic carbocycles. The number of aryl methyl sites for hydroxylation is 2. The molecule has 3 N–H and O–H groups in total. The first-order valence-electron chi connectivity index (χ1n) is 15.8. The normalized spacial score (nSPS) is 18.5. The molecule has 45 heavy (non-hydrogen) atoms. The van der Waals surface area contributed by atoms with Crippen LogP contribution in [0.25, 0.3) is 0 Å². The molecule has 0 aliphatic carbocycles. The molecule has 4 atom stereocenters. The van der Waals surface area contributed by atoms with Crippen LogP contribution in [0.5, 0.6) is 5.75 Å². The summed E-state index contributed by atoms with van der Waals surface area (Å²) in [4.78, 5) is 32.8. The number of hydrogen-bond donors (Lipinski definition) is 3. The quantitative estimate of drug-likeness (QED) is 0.265. The maximum absolute atomic E-state index is 13.6. The molecule has 1 aliphatic rings. The highest BCUT2D eigenvalue weighted by Gasteiger charge is 2.37. The van der Waals surface area contributed by atoms with Gasteiger partial charge in [-0.2, -0.15) is 0 Å². The highest BCUT2D eigenvalue weighted by molar-refractivity contribution is 5.82. The molecular weight excluding hydrogens is 568 g/mol. The van der Waals surface area contributed by atoms with Crippen LogP contribution in [0.2, 0.25) is 0 Å². The van der Waals surface area contributed by atoms with Crippen LogP contribution >= 0.6 is 0 Å². The third kappa shape index (κ3) is 10.7. The molecular formula is C36H48N4O5. The number of β-amino-alcohol motifs (C(OH)–C–C–N with tert-alkyl or cyclic N) is 1. The first-order chi connectivity index (χ1) is 21.5. The highest BCUT2D eigenvalue weighted by atomic mass is 16.5. The molecule has 0 bridgehead atoms. The van der Waals surface area contributed by atoms with Gasteiger partial charge in [-0.15, -0.1) is 0 Å². The number of piperidine rings is 1. The lowest BCUT2D eigenvalue weighted by atomic mass is 9.95. The molecule has 3 aromatic rings. The first-order valence-corrected chi connectivity index (χ1v) is 15.8. The zero-order valence-electron chi connectivity index (χ0n) is 27.2. The van der Waals surface area contributed by atoms with Crippen LogP contribution in [0.4, 0.5) is 0 Å². The molecule has 242 valence electrons. The average molecular weight is 617 g/mol. The number of rotatable bonds is 13. The molecule has 0 radical (unpaired) electrons. The van der Waals surface area contributed by atoms with Crippen molar-refractivity contribution in [3.63, 3.8) is 0 Å². The van der Waals surface area contributed by atoms with Crippen LogP contribution in [0.1, 0.15) is 55.9 Å². The summed E-state index contributed by atoms with van der Waals surface area (Å²) in [6, 6.07) is 18.4. The number of likely N-dealkylation sites (tertiary alicyclic amines) is 1. The summed E-state index contributed by atoms with van der Waals surface area (Å²) in [6.07, 6.45) is 4.08. The molecule has 1 aromatic heterocycles. The van der Waals surface area contributed by atoms with E-state index in [4.69, 9.17) is 9.47 Å². The van der Waals surface area contributed by atoms with Crippen LogP contribution in [-0.2, 0) is 27.4 Å². The van der Waals surface area contributed by atoms with Gasteiger partial charge in [0.2, 0.25) is 5.91 Å². The lowest BCUT2D eigenvalue weighted by molar-refractivity contribution is -0.134. The Bertz CT molecular complexity index is 1360. The van der Waals surface area contributed by atoms with E-state index in [2.05, 4.69) is 15.6 Å². The van der Waals surface area contributed by atoms with Gasteiger partial charge in [0, 0.05) is 31.0 Å². The number of aliphatic hydroxyl groups excluding tert-OH is 1. The fraction of sp³-hybridized carbons (Fsp3) is 0.472. The summed E-state index contributed by atoms with van der Waals surface area (Å²) in [5.74, 6) is 0.273. The number of carbonyl (C=O) groups excluding carboxylic acids is 2. The second-order valence-corrected chi connectivity index (χ2v) is 13.0. The zero-order chi connectivity index (χ0) is 32.4. The fourth-order valence-electron chi connectivity index (χ4n) is 5.70. The minimum atomic E-state index is -0.937. The predicted molar refractivity (Wildman–Crippen MR) is 175 cm³/mol. The van der Waals surface area contributed by atoms with Gasteiger partial charge in [0.15, 0.2) is 6.61 Å².